The summed E-state index contributed by atoms with van der Waals surface area (Å²) in [5.74, 6) is 0.396. The number of carbonyl (C=O) groups is 1. The number of ether oxygens (including phenoxy) is 1. The van der Waals surface area contributed by atoms with Crippen LogP contribution in [0.25, 0.3) is 0 Å². The molecule has 1 amide bonds. The van der Waals surface area contributed by atoms with Crippen LogP contribution < -0.4 is 10.2 Å². The van der Waals surface area contributed by atoms with E-state index in [-0.39, 0.29) is 23.3 Å². The molecule has 0 aliphatic heterocycles. The Morgan fingerprint density at radius 2 is 1.57 bits per heavy atom. The van der Waals surface area contributed by atoms with Crippen LogP contribution in [0.2, 0.25) is 0 Å². The fraction of sp³-hybridized carbons (Fsp3) is 0.462. The smallest absolute Gasteiger partial charge is 0.277 e. The number of aryl methyl sites for hydroxylation is 1. The molecule has 0 saturated heterocycles. The third-order valence-electron chi connectivity index (χ3n) is 5.11. The summed E-state index contributed by atoms with van der Waals surface area (Å²) in [6.45, 7) is 15.2. The minimum atomic E-state index is -0.281. The molecule has 0 fully saturated rings. The van der Waals surface area contributed by atoms with Gasteiger partial charge in [-0.25, -0.2) is 5.43 Å². The second-order valence-electron chi connectivity index (χ2n) is 9.72. The first kappa shape index (κ1) is 23.7. The molecule has 0 spiro atoms. The number of benzene rings is 2. The Balaban J connectivity index is 1.88. The Morgan fingerprint density at radius 1 is 0.967 bits per heavy atom. The quantitative estimate of drug-likeness (QED) is 0.438. The summed E-state index contributed by atoms with van der Waals surface area (Å²) in [4.78, 5) is 12.1. The van der Waals surface area contributed by atoms with Gasteiger partial charge in [-0.3, -0.25) is 4.79 Å². The lowest BCUT2D eigenvalue weighted by atomic mass is 9.72. The molecule has 0 aromatic heterocycles. The molecule has 1 N–H and O–H groups in total. The summed E-state index contributed by atoms with van der Waals surface area (Å²) in [6, 6.07) is 16.2. The van der Waals surface area contributed by atoms with Crippen molar-refractivity contribution in [1.82, 2.24) is 5.43 Å². The van der Waals surface area contributed by atoms with Crippen molar-refractivity contribution in [2.24, 2.45) is 10.5 Å². The highest BCUT2D eigenvalue weighted by Crippen LogP contribution is 2.36. The van der Waals surface area contributed by atoms with Crippen molar-refractivity contribution in [3.05, 3.63) is 65.2 Å². The molecule has 4 heteroatoms. The third kappa shape index (κ3) is 7.33. The van der Waals surface area contributed by atoms with Gasteiger partial charge in [-0.05, 0) is 59.4 Å². The van der Waals surface area contributed by atoms with Crippen LogP contribution in [0.15, 0.2) is 53.6 Å². The van der Waals surface area contributed by atoms with Crippen molar-refractivity contribution >= 4 is 11.6 Å². The van der Waals surface area contributed by atoms with Crippen molar-refractivity contribution in [3.63, 3.8) is 0 Å². The molecule has 0 aliphatic rings. The van der Waals surface area contributed by atoms with Crippen molar-refractivity contribution in [2.45, 2.75) is 66.7 Å². The first-order valence-corrected chi connectivity index (χ1v) is 10.7. The van der Waals surface area contributed by atoms with Crippen LogP contribution in [0.5, 0.6) is 5.75 Å². The highest BCUT2D eigenvalue weighted by Gasteiger charge is 2.27. The Hall–Kier alpha value is -2.62. The Morgan fingerprint density at radius 3 is 2.10 bits per heavy atom. The number of amides is 1. The Kier molecular flexibility index (Phi) is 7.83. The SMILES string of the molecule is CCc1ccc(C(C)=NNC(=O)COc2ccc(C(C)(C)CC(C)(C)C)cc2)cc1. The van der Waals surface area contributed by atoms with Gasteiger partial charge in [-0.15, -0.1) is 0 Å². The molecular formula is C26H36N2O2. The maximum atomic E-state index is 12.1. The van der Waals surface area contributed by atoms with E-state index in [0.717, 1.165) is 24.1 Å². The van der Waals surface area contributed by atoms with E-state index in [9.17, 15) is 4.79 Å². The summed E-state index contributed by atoms with van der Waals surface area (Å²) < 4.78 is 5.62. The molecule has 0 saturated carbocycles. The molecule has 2 aromatic rings. The predicted molar refractivity (Wildman–Crippen MR) is 125 cm³/mol. The van der Waals surface area contributed by atoms with Crippen molar-refractivity contribution in [1.29, 1.82) is 0 Å². The number of nitrogens with one attached hydrogen (secondary N) is 1. The average molecular weight is 409 g/mol. The van der Waals surface area contributed by atoms with Gasteiger partial charge in [0.15, 0.2) is 6.61 Å². The lowest BCUT2D eigenvalue weighted by Gasteiger charge is -2.33. The van der Waals surface area contributed by atoms with Crippen LogP contribution in [0, 0.1) is 5.41 Å². The largest absolute Gasteiger partial charge is 0.484 e. The number of hydrogen-bond donors (Lipinski definition) is 1. The first-order chi connectivity index (χ1) is 14.0. The summed E-state index contributed by atoms with van der Waals surface area (Å²) in [5, 5.41) is 4.18. The highest BCUT2D eigenvalue weighted by molar-refractivity contribution is 5.99. The number of carbonyl (C=O) groups excluding carboxylic acids is 1. The molecule has 0 radical (unpaired) electrons. The second kappa shape index (κ2) is 9.92. The summed E-state index contributed by atoms with van der Waals surface area (Å²) in [6.07, 6.45) is 2.08. The van der Waals surface area contributed by atoms with Crippen LogP contribution in [0.4, 0.5) is 0 Å². The molecule has 162 valence electrons. The molecular weight excluding hydrogens is 372 g/mol. The van der Waals surface area contributed by atoms with Gasteiger partial charge in [0.2, 0.25) is 0 Å². The topological polar surface area (TPSA) is 50.7 Å². The standard InChI is InChI=1S/C26H36N2O2/c1-8-20-9-11-21(12-10-20)19(2)27-28-24(29)17-30-23-15-13-22(14-16-23)26(6,7)18-25(3,4)5/h9-16H,8,17-18H2,1-7H3,(H,28,29). The van der Waals surface area contributed by atoms with Gasteiger partial charge in [-0.2, -0.15) is 5.10 Å². The minimum Gasteiger partial charge on any atom is -0.484 e. The van der Waals surface area contributed by atoms with E-state index >= 15 is 0 Å². The molecule has 2 rings (SSSR count). The zero-order chi connectivity index (χ0) is 22.4. The Bertz CT molecular complexity index is 857. The normalized spacial score (nSPS) is 12.6. The van der Waals surface area contributed by atoms with Crippen LogP contribution in [0.1, 0.15) is 71.6 Å². The number of nitrogens with zero attached hydrogens (tertiary/aromatic N) is 1. The summed E-state index contributed by atoms with van der Waals surface area (Å²) in [7, 11) is 0. The van der Waals surface area contributed by atoms with E-state index in [1.807, 2.05) is 31.2 Å². The predicted octanol–water partition coefficient (Wildman–Crippen LogP) is 5.88. The van der Waals surface area contributed by atoms with E-state index in [1.165, 1.54) is 11.1 Å². The van der Waals surface area contributed by atoms with Gasteiger partial charge < -0.3 is 4.74 Å². The van der Waals surface area contributed by atoms with Crippen molar-refractivity contribution < 1.29 is 9.53 Å². The maximum absolute atomic E-state index is 12.1. The Labute approximate surface area is 181 Å². The second-order valence-corrected chi connectivity index (χ2v) is 9.72. The van der Waals surface area contributed by atoms with E-state index in [0.29, 0.717) is 5.75 Å². The lowest BCUT2D eigenvalue weighted by molar-refractivity contribution is -0.123. The van der Waals surface area contributed by atoms with Gasteiger partial charge in [-0.1, -0.05) is 77.9 Å². The lowest BCUT2D eigenvalue weighted by Crippen LogP contribution is -2.26. The van der Waals surface area contributed by atoms with E-state index in [2.05, 4.69) is 76.3 Å². The van der Waals surface area contributed by atoms with Crippen LogP contribution >= 0.6 is 0 Å². The van der Waals surface area contributed by atoms with Crippen LogP contribution in [0.3, 0.4) is 0 Å². The molecule has 0 aliphatic carbocycles. The zero-order valence-corrected chi connectivity index (χ0v) is 19.5. The van der Waals surface area contributed by atoms with E-state index in [1.54, 1.807) is 0 Å². The van der Waals surface area contributed by atoms with E-state index < -0.39 is 0 Å². The molecule has 4 nitrogen and oxygen atoms in total. The van der Waals surface area contributed by atoms with Gasteiger partial charge in [0.05, 0.1) is 5.71 Å². The number of rotatable bonds is 8. The van der Waals surface area contributed by atoms with Gasteiger partial charge in [0.1, 0.15) is 5.75 Å². The number of hydrogen-bond acceptors (Lipinski definition) is 3. The molecule has 0 heterocycles. The molecule has 2 aromatic carbocycles. The van der Waals surface area contributed by atoms with Gasteiger partial charge in [0.25, 0.3) is 5.91 Å². The van der Waals surface area contributed by atoms with Crippen LogP contribution in [-0.2, 0) is 16.6 Å². The van der Waals surface area contributed by atoms with Crippen molar-refractivity contribution in [3.8, 4) is 5.75 Å². The molecule has 0 bridgehead atoms. The average Bonchev–Trinajstić information content (AvgIpc) is 2.69. The summed E-state index contributed by atoms with van der Waals surface area (Å²) >= 11 is 0. The third-order valence-corrected chi connectivity index (χ3v) is 5.11. The maximum Gasteiger partial charge on any atom is 0.277 e. The van der Waals surface area contributed by atoms with Gasteiger partial charge >= 0.3 is 0 Å². The van der Waals surface area contributed by atoms with Crippen LogP contribution in [-0.4, -0.2) is 18.2 Å². The molecule has 0 unspecified atom stereocenters. The van der Waals surface area contributed by atoms with Gasteiger partial charge in [0, 0.05) is 0 Å². The zero-order valence-electron chi connectivity index (χ0n) is 19.5. The summed E-state index contributed by atoms with van der Waals surface area (Å²) in [5.41, 5.74) is 7.19. The number of hydrazone groups is 1. The molecule has 0 atom stereocenters. The monoisotopic (exact) mass is 408 g/mol. The fourth-order valence-electron chi connectivity index (χ4n) is 3.80. The first-order valence-electron chi connectivity index (χ1n) is 10.7. The molecule has 30 heavy (non-hydrogen) atoms. The van der Waals surface area contributed by atoms with Crippen molar-refractivity contribution in [2.75, 3.05) is 6.61 Å². The fourth-order valence-corrected chi connectivity index (χ4v) is 3.80. The van der Waals surface area contributed by atoms with E-state index in [4.69, 9.17) is 4.74 Å². The minimum absolute atomic E-state index is 0.0731. The highest BCUT2D eigenvalue weighted by atomic mass is 16.5.